The molecular weight excluding hydrogens is 398 g/mol. The molecule has 1 unspecified atom stereocenters. The first-order chi connectivity index (χ1) is 11.8. The fraction of sp³-hybridized carbons (Fsp3) is 0.625. The fourth-order valence-corrected chi connectivity index (χ4v) is 6.61. The number of piperidine rings is 2. The van der Waals surface area contributed by atoms with Gasteiger partial charge < -0.3 is 5.73 Å². The molecule has 2 aliphatic rings. The van der Waals surface area contributed by atoms with E-state index in [9.17, 15) is 16.8 Å². The Morgan fingerprint density at radius 1 is 0.846 bits per heavy atom. The molecule has 0 bridgehead atoms. The Kier molecular flexibility index (Phi) is 7.09. The molecule has 2 fully saturated rings. The van der Waals surface area contributed by atoms with Crippen molar-refractivity contribution >= 4 is 32.5 Å². The highest BCUT2D eigenvalue weighted by molar-refractivity contribution is 7.90. The summed E-state index contributed by atoms with van der Waals surface area (Å²) in [6, 6.07) is 5.51. The molecule has 1 atom stereocenters. The minimum Gasteiger partial charge on any atom is -0.327 e. The summed E-state index contributed by atoms with van der Waals surface area (Å²) in [6.07, 6.45) is 4.21. The lowest BCUT2D eigenvalue weighted by Gasteiger charge is -2.30. The second kappa shape index (κ2) is 8.53. The smallest absolute Gasteiger partial charge is 0.243 e. The van der Waals surface area contributed by atoms with Crippen molar-refractivity contribution in [2.24, 2.45) is 5.73 Å². The minimum atomic E-state index is -3.74. The first-order valence-corrected chi connectivity index (χ1v) is 11.6. The van der Waals surface area contributed by atoms with Crippen LogP contribution in [-0.4, -0.2) is 57.7 Å². The number of halogens is 1. The monoisotopic (exact) mass is 423 g/mol. The van der Waals surface area contributed by atoms with Gasteiger partial charge in [0.15, 0.2) is 0 Å². The standard InChI is InChI=1S/C16H25N3O4S2.ClH/c17-14-6-5-11-19(13-14)25(22,23)16-8-4-7-15(12-16)24(20,21)18-9-2-1-3-10-18;/h4,7-8,12,14H,1-3,5-6,9-11,13,17H2;1H. The van der Waals surface area contributed by atoms with E-state index in [2.05, 4.69) is 0 Å². The zero-order chi connectivity index (χ0) is 18.1. The largest absolute Gasteiger partial charge is 0.327 e. The normalized spacial score (nSPS) is 23.3. The van der Waals surface area contributed by atoms with E-state index >= 15 is 0 Å². The van der Waals surface area contributed by atoms with E-state index in [0.717, 1.165) is 25.7 Å². The summed E-state index contributed by atoms with van der Waals surface area (Å²) in [5, 5.41) is 0. The lowest BCUT2D eigenvalue weighted by atomic mass is 10.1. The average molecular weight is 424 g/mol. The molecule has 0 aromatic heterocycles. The lowest BCUT2D eigenvalue weighted by molar-refractivity contribution is 0.316. The van der Waals surface area contributed by atoms with Crippen molar-refractivity contribution in [1.29, 1.82) is 0 Å². The number of hydrogen-bond acceptors (Lipinski definition) is 5. The van der Waals surface area contributed by atoms with Crippen LogP contribution in [0, 0.1) is 0 Å². The van der Waals surface area contributed by atoms with E-state index in [1.54, 1.807) is 0 Å². The molecule has 3 rings (SSSR count). The zero-order valence-corrected chi connectivity index (χ0v) is 17.0. The second-order valence-corrected chi connectivity index (χ2v) is 10.6. The molecule has 0 amide bonds. The van der Waals surface area contributed by atoms with Gasteiger partial charge in [0.2, 0.25) is 20.0 Å². The summed E-state index contributed by atoms with van der Waals surface area (Å²) in [5.41, 5.74) is 5.89. The van der Waals surface area contributed by atoms with E-state index in [1.165, 1.54) is 32.9 Å². The molecule has 10 heteroatoms. The third-order valence-electron chi connectivity index (χ3n) is 4.82. The molecule has 26 heavy (non-hydrogen) atoms. The predicted octanol–water partition coefficient (Wildman–Crippen LogP) is 1.39. The summed E-state index contributed by atoms with van der Waals surface area (Å²) >= 11 is 0. The summed E-state index contributed by atoms with van der Waals surface area (Å²) in [6.45, 7) is 1.66. The van der Waals surface area contributed by atoms with Gasteiger partial charge in [-0.05, 0) is 43.9 Å². The molecule has 1 aromatic carbocycles. The summed E-state index contributed by atoms with van der Waals surface area (Å²) in [5.74, 6) is 0. The van der Waals surface area contributed by atoms with E-state index < -0.39 is 20.0 Å². The van der Waals surface area contributed by atoms with Crippen LogP contribution in [-0.2, 0) is 20.0 Å². The maximum Gasteiger partial charge on any atom is 0.243 e. The van der Waals surface area contributed by atoms with E-state index in [-0.39, 0.29) is 34.8 Å². The Labute approximate surface area is 162 Å². The van der Waals surface area contributed by atoms with Gasteiger partial charge in [-0.15, -0.1) is 12.4 Å². The van der Waals surface area contributed by atoms with Crippen molar-refractivity contribution < 1.29 is 16.8 Å². The van der Waals surface area contributed by atoms with Crippen molar-refractivity contribution in [2.45, 2.75) is 47.9 Å². The van der Waals surface area contributed by atoms with Gasteiger partial charge in [-0.25, -0.2) is 16.8 Å². The van der Waals surface area contributed by atoms with Crippen LogP contribution in [0.3, 0.4) is 0 Å². The second-order valence-electron chi connectivity index (χ2n) is 6.70. The molecule has 1 aromatic rings. The highest BCUT2D eigenvalue weighted by atomic mass is 35.5. The third kappa shape index (κ3) is 4.40. The van der Waals surface area contributed by atoms with Gasteiger partial charge in [0.25, 0.3) is 0 Å². The Morgan fingerprint density at radius 2 is 1.38 bits per heavy atom. The van der Waals surface area contributed by atoms with Gasteiger partial charge in [0, 0.05) is 32.2 Å². The van der Waals surface area contributed by atoms with Crippen molar-refractivity contribution in [1.82, 2.24) is 8.61 Å². The molecule has 0 radical (unpaired) electrons. The maximum absolute atomic E-state index is 12.9. The Bertz CT molecular complexity index is 824. The number of benzene rings is 1. The van der Waals surface area contributed by atoms with Crippen LogP contribution in [0.15, 0.2) is 34.1 Å². The van der Waals surface area contributed by atoms with Crippen LogP contribution in [0.4, 0.5) is 0 Å². The van der Waals surface area contributed by atoms with Gasteiger partial charge >= 0.3 is 0 Å². The van der Waals surface area contributed by atoms with Crippen LogP contribution in [0.1, 0.15) is 32.1 Å². The third-order valence-corrected chi connectivity index (χ3v) is 8.57. The first-order valence-electron chi connectivity index (χ1n) is 8.68. The number of nitrogens with zero attached hydrogens (tertiary/aromatic N) is 2. The van der Waals surface area contributed by atoms with Crippen LogP contribution in [0.2, 0.25) is 0 Å². The number of nitrogens with two attached hydrogens (primary N) is 1. The van der Waals surface area contributed by atoms with E-state index in [4.69, 9.17) is 5.73 Å². The Morgan fingerprint density at radius 3 is 1.96 bits per heavy atom. The molecule has 2 N–H and O–H groups in total. The highest BCUT2D eigenvalue weighted by Gasteiger charge is 2.31. The molecule has 2 aliphatic heterocycles. The zero-order valence-electron chi connectivity index (χ0n) is 14.6. The Balaban J connectivity index is 0.00000243. The van der Waals surface area contributed by atoms with Crippen molar-refractivity contribution in [3.63, 3.8) is 0 Å². The maximum atomic E-state index is 12.9. The van der Waals surface area contributed by atoms with Gasteiger partial charge in [0.1, 0.15) is 0 Å². The lowest BCUT2D eigenvalue weighted by Crippen LogP contribution is -2.45. The van der Waals surface area contributed by atoms with Gasteiger partial charge in [-0.2, -0.15) is 8.61 Å². The summed E-state index contributed by atoms with van der Waals surface area (Å²) in [4.78, 5) is 0.0523. The SMILES string of the molecule is Cl.NC1CCCN(S(=O)(=O)c2cccc(S(=O)(=O)N3CCCCC3)c2)C1. The molecule has 7 nitrogen and oxygen atoms in total. The number of hydrogen-bond donors (Lipinski definition) is 1. The first kappa shape index (κ1) is 21.6. The fourth-order valence-electron chi connectivity index (χ4n) is 3.39. The van der Waals surface area contributed by atoms with Crippen LogP contribution in [0.5, 0.6) is 0 Å². The average Bonchev–Trinajstić information content (AvgIpc) is 2.62. The van der Waals surface area contributed by atoms with Crippen LogP contribution >= 0.6 is 12.4 Å². The minimum absolute atomic E-state index is 0. The van der Waals surface area contributed by atoms with Crippen LogP contribution < -0.4 is 5.73 Å². The molecular formula is C16H26ClN3O4S2. The van der Waals surface area contributed by atoms with Gasteiger partial charge in [0.05, 0.1) is 9.79 Å². The van der Waals surface area contributed by atoms with E-state index in [1.807, 2.05) is 0 Å². The van der Waals surface area contributed by atoms with Crippen molar-refractivity contribution in [3.05, 3.63) is 24.3 Å². The molecule has 0 saturated carbocycles. The number of rotatable bonds is 4. The Hall–Kier alpha value is -0.710. The highest BCUT2D eigenvalue weighted by Crippen LogP contribution is 2.25. The quantitative estimate of drug-likeness (QED) is 0.788. The summed E-state index contributed by atoms with van der Waals surface area (Å²) < 4.78 is 54.1. The van der Waals surface area contributed by atoms with Gasteiger partial charge in [-0.1, -0.05) is 12.5 Å². The van der Waals surface area contributed by atoms with E-state index in [0.29, 0.717) is 26.1 Å². The topological polar surface area (TPSA) is 101 Å². The molecule has 2 saturated heterocycles. The molecule has 0 aliphatic carbocycles. The number of sulfonamides is 2. The van der Waals surface area contributed by atoms with Gasteiger partial charge in [-0.3, -0.25) is 0 Å². The molecule has 148 valence electrons. The molecule has 0 spiro atoms. The molecule has 2 heterocycles. The summed E-state index contributed by atoms with van der Waals surface area (Å²) in [7, 11) is -7.40. The predicted molar refractivity (Wildman–Crippen MR) is 102 cm³/mol. The van der Waals surface area contributed by atoms with Crippen LogP contribution in [0.25, 0.3) is 0 Å². The van der Waals surface area contributed by atoms with Crippen molar-refractivity contribution in [2.75, 3.05) is 26.2 Å². The van der Waals surface area contributed by atoms with Crippen molar-refractivity contribution in [3.8, 4) is 0 Å².